The smallest absolute Gasteiger partial charge is 0.339 e. The average molecular weight is 473 g/mol. The molecule has 3 aromatic carbocycles. The molecule has 0 bridgehead atoms. The molecule has 34 heavy (non-hydrogen) atoms. The molecule has 1 unspecified atom stereocenters. The monoisotopic (exact) mass is 472 g/mol. The number of halogens is 1. The van der Waals surface area contributed by atoms with Crippen LogP contribution in [0.5, 0.6) is 0 Å². The number of likely N-dealkylation sites (tertiary alicyclic amines) is 1. The highest BCUT2D eigenvalue weighted by atomic mass is 35.5. The van der Waals surface area contributed by atoms with Crippen LogP contribution >= 0.6 is 11.6 Å². The fourth-order valence-corrected chi connectivity index (χ4v) is 6.17. The van der Waals surface area contributed by atoms with Gasteiger partial charge in [0.15, 0.2) is 0 Å². The number of nitrogens with zero attached hydrogens (tertiary/aromatic N) is 1. The Morgan fingerprint density at radius 2 is 1.68 bits per heavy atom. The Balaban J connectivity index is 1.14. The molecule has 1 N–H and O–H groups in total. The van der Waals surface area contributed by atoms with Gasteiger partial charge < -0.3 is 15.0 Å². The Morgan fingerprint density at radius 3 is 2.53 bits per heavy atom. The van der Waals surface area contributed by atoms with Gasteiger partial charge in [-0.05, 0) is 53.3 Å². The second-order valence-electron chi connectivity index (χ2n) is 9.70. The van der Waals surface area contributed by atoms with Crippen LogP contribution in [-0.4, -0.2) is 37.0 Å². The number of carbonyl (C=O) groups is 1. The van der Waals surface area contributed by atoms with E-state index in [1.807, 2.05) is 24.3 Å². The van der Waals surface area contributed by atoms with Gasteiger partial charge in [-0.25, -0.2) is 4.79 Å². The molecule has 4 nitrogen and oxygen atoms in total. The van der Waals surface area contributed by atoms with E-state index in [1.54, 1.807) is 0 Å². The summed E-state index contributed by atoms with van der Waals surface area (Å²) in [7, 11) is 0. The fourth-order valence-electron chi connectivity index (χ4n) is 5.98. The maximum absolute atomic E-state index is 12.4. The molecule has 1 spiro atoms. The van der Waals surface area contributed by atoms with E-state index >= 15 is 0 Å². The van der Waals surface area contributed by atoms with Gasteiger partial charge in [-0.2, -0.15) is 0 Å². The first-order chi connectivity index (χ1) is 16.6. The van der Waals surface area contributed by atoms with Crippen molar-refractivity contribution in [1.29, 1.82) is 0 Å². The molecule has 2 heterocycles. The summed E-state index contributed by atoms with van der Waals surface area (Å²) < 4.78 is 5.92. The number of benzene rings is 3. The number of esters is 1. The third-order valence-corrected chi connectivity index (χ3v) is 8.05. The van der Waals surface area contributed by atoms with Crippen LogP contribution in [0.2, 0.25) is 5.02 Å². The highest BCUT2D eigenvalue weighted by Gasteiger charge is 2.46. The van der Waals surface area contributed by atoms with Crippen molar-refractivity contribution in [3.63, 3.8) is 0 Å². The Bertz CT molecular complexity index is 1230. The first-order valence-corrected chi connectivity index (χ1v) is 12.7. The van der Waals surface area contributed by atoms with Crippen LogP contribution in [0.3, 0.4) is 0 Å². The quantitative estimate of drug-likeness (QED) is 0.524. The van der Waals surface area contributed by atoms with Gasteiger partial charge in [-0.15, -0.1) is 0 Å². The molecule has 2 aliphatic heterocycles. The molecule has 0 radical (unpaired) electrons. The molecule has 6 rings (SSSR count). The molecule has 3 aromatic rings. The van der Waals surface area contributed by atoms with Crippen LogP contribution in [0, 0.1) is 0 Å². The van der Waals surface area contributed by atoms with Crippen molar-refractivity contribution >= 4 is 17.6 Å². The van der Waals surface area contributed by atoms with Crippen LogP contribution in [0.1, 0.15) is 57.1 Å². The van der Waals surface area contributed by atoms with E-state index in [9.17, 15) is 4.79 Å². The Morgan fingerprint density at radius 1 is 0.941 bits per heavy atom. The minimum absolute atomic E-state index is 0.145. The minimum atomic E-state index is -0.437. The van der Waals surface area contributed by atoms with Crippen LogP contribution in [0.4, 0.5) is 0 Å². The molecule has 1 saturated heterocycles. The van der Waals surface area contributed by atoms with Gasteiger partial charge in [0.1, 0.15) is 5.60 Å². The normalized spacial score (nSPS) is 20.9. The Labute approximate surface area is 205 Å². The standard InChI is InChI=1S/C29H29ClN2O2/c30-22-12-11-21-10-9-20-5-1-2-6-23(20)27(25(21)19-22)31-15-18-32-16-13-29(14-17-32)26-8-4-3-7-24(26)28(33)34-29/h1-8,11-12,19,27,31H,9-10,13-18H2. The lowest BCUT2D eigenvalue weighted by molar-refractivity contribution is -0.0426. The van der Waals surface area contributed by atoms with E-state index in [-0.39, 0.29) is 12.0 Å². The highest BCUT2D eigenvalue weighted by Crippen LogP contribution is 2.44. The maximum atomic E-state index is 12.4. The summed E-state index contributed by atoms with van der Waals surface area (Å²) in [6, 6.07) is 23.1. The molecule has 0 aromatic heterocycles. The second-order valence-corrected chi connectivity index (χ2v) is 10.1. The van der Waals surface area contributed by atoms with Crippen LogP contribution in [0.15, 0.2) is 66.7 Å². The summed E-state index contributed by atoms with van der Waals surface area (Å²) in [6.07, 6.45) is 3.79. The number of hydrogen-bond acceptors (Lipinski definition) is 4. The molecule has 1 fully saturated rings. The average Bonchev–Trinajstić information content (AvgIpc) is 3.04. The van der Waals surface area contributed by atoms with Crippen molar-refractivity contribution in [3.05, 3.63) is 105 Å². The van der Waals surface area contributed by atoms with Gasteiger partial charge >= 0.3 is 5.97 Å². The van der Waals surface area contributed by atoms with Gasteiger partial charge in [0.25, 0.3) is 0 Å². The molecule has 1 atom stereocenters. The molecule has 1 aliphatic carbocycles. The van der Waals surface area contributed by atoms with E-state index < -0.39 is 5.60 Å². The number of fused-ring (bicyclic) bond motifs is 4. The van der Waals surface area contributed by atoms with Gasteiger partial charge in [0.2, 0.25) is 0 Å². The number of hydrogen-bond donors (Lipinski definition) is 1. The highest BCUT2D eigenvalue weighted by molar-refractivity contribution is 6.30. The van der Waals surface area contributed by atoms with Crippen molar-refractivity contribution in [2.75, 3.05) is 26.2 Å². The van der Waals surface area contributed by atoms with Crippen molar-refractivity contribution in [2.24, 2.45) is 0 Å². The van der Waals surface area contributed by atoms with E-state index in [0.717, 1.165) is 68.0 Å². The van der Waals surface area contributed by atoms with E-state index in [0.29, 0.717) is 0 Å². The fraction of sp³-hybridized carbons (Fsp3) is 0.345. The van der Waals surface area contributed by atoms with Crippen molar-refractivity contribution in [1.82, 2.24) is 10.2 Å². The molecule has 0 saturated carbocycles. The van der Waals surface area contributed by atoms with Crippen LogP contribution in [-0.2, 0) is 23.2 Å². The van der Waals surface area contributed by atoms with Crippen molar-refractivity contribution in [2.45, 2.75) is 37.3 Å². The predicted octanol–water partition coefficient (Wildman–Crippen LogP) is 5.28. The van der Waals surface area contributed by atoms with Crippen LogP contribution < -0.4 is 5.32 Å². The topological polar surface area (TPSA) is 41.6 Å². The summed E-state index contributed by atoms with van der Waals surface area (Å²) in [5, 5.41) is 4.64. The zero-order valence-electron chi connectivity index (χ0n) is 19.2. The SMILES string of the molecule is O=C1OC2(CCN(CCNC3c4ccccc4CCc4ccc(Cl)cc43)CC2)c2ccccc21. The summed E-state index contributed by atoms with van der Waals surface area (Å²) in [5.74, 6) is -0.171. The summed E-state index contributed by atoms with van der Waals surface area (Å²) in [5.41, 5.74) is 6.81. The number of rotatable bonds is 4. The zero-order valence-corrected chi connectivity index (χ0v) is 20.0. The maximum Gasteiger partial charge on any atom is 0.339 e. The summed E-state index contributed by atoms with van der Waals surface area (Å²) >= 11 is 6.41. The van der Waals surface area contributed by atoms with Crippen LogP contribution in [0.25, 0.3) is 0 Å². The van der Waals surface area contributed by atoms with Gasteiger partial charge in [-0.1, -0.05) is 60.1 Å². The number of carbonyl (C=O) groups excluding carboxylic acids is 1. The zero-order chi connectivity index (χ0) is 23.1. The first-order valence-electron chi connectivity index (χ1n) is 12.3. The Hall–Kier alpha value is -2.66. The lowest BCUT2D eigenvalue weighted by atomic mass is 9.84. The Kier molecular flexibility index (Phi) is 5.68. The molecule has 5 heteroatoms. The van der Waals surface area contributed by atoms with Crippen molar-refractivity contribution in [3.8, 4) is 0 Å². The summed E-state index contributed by atoms with van der Waals surface area (Å²) in [6.45, 7) is 3.69. The molecular weight excluding hydrogens is 444 g/mol. The number of nitrogens with one attached hydrogen (secondary N) is 1. The van der Waals surface area contributed by atoms with Gasteiger partial charge in [0.05, 0.1) is 11.6 Å². The van der Waals surface area contributed by atoms with E-state index in [2.05, 4.69) is 52.7 Å². The largest absolute Gasteiger partial charge is 0.450 e. The minimum Gasteiger partial charge on any atom is -0.450 e. The third-order valence-electron chi connectivity index (χ3n) is 7.81. The number of ether oxygens (including phenoxy) is 1. The molecule has 3 aliphatic rings. The van der Waals surface area contributed by atoms with Gasteiger partial charge in [-0.3, -0.25) is 0 Å². The van der Waals surface area contributed by atoms with Crippen molar-refractivity contribution < 1.29 is 9.53 Å². The summed E-state index contributed by atoms with van der Waals surface area (Å²) in [4.78, 5) is 14.8. The molecule has 0 amide bonds. The van der Waals surface area contributed by atoms with E-state index in [1.165, 1.54) is 22.3 Å². The molecular formula is C29H29ClN2O2. The second kappa shape index (κ2) is 8.84. The lowest BCUT2D eigenvalue weighted by Gasteiger charge is -2.38. The predicted molar refractivity (Wildman–Crippen MR) is 134 cm³/mol. The number of aryl methyl sites for hydroxylation is 2. The van der Waals surface area contributed by atoms with E-state index in [4.69, 9.17) is 16.3 Å². The third kappa shape index (κ3) is 3.84. The molecule has 174 valence electrons. The first kappa shape index (κ1) is 21.8. The lowest BCUT2D eigenvalue weighted by Crippen LogP contribution is -2.45. The number of piperidine rings is 1. The van der Waals surface area contributed by atoms with Gasteiger partial charge in [0, 0.05) is 49.6 Å².